The van der Waals surface area contributed by atoms with E-state index >= 15 is 0 Å². The molecule has 10 atom stereocenters. The van der Waals surface area contributed by atoms with Crippen LogP contribution in [0, 0.1) is 38.0 Å². The second kappa shape index (κ2) is 29.1. The van der Waals surface area contributed by atoms with E-state index in [0.29, 0.717) is 52.4 Å². The summed E-state index contributed by atoms with van der Waals surface area (Å²) in [6, 6.07) is 22.8. The van der Waals surface area contributed by atoms with Crippen LogP contribution in [-0.2, 0) is 64.3 Å². The SMILES string of the molecule is CC(C)Cn1cnc2c(NC(=O)OCc3ccc(O[C@H]4O[C@H](CO)[C@@H](O)[C@H](O)[C@@H]4O)c([N+](=O)[O-])c3)nc3ccccc3c21.CC[C@H]1O[C@H](Oc2ccc(COC(=O)Nc3nc4ccccc4c4c3ncn4CC(C)C)cc2[N+](=O)[O-])[C@@H](OC(C)=O)[C@@H](OC(C)=O)[C@@H]1C. The molecular weight excluding hydrogens is 1200 g/mol. The fourth-order valence-corrected chi connectivity index (χ4v) is 10.9. The lowest BCUT2D eigenvalue weighted by atomic mass is 9.89. The Balaban J connectivity index is 0.000000219. The number of aliphatic hydroxyl groups excluding tert-OH is 4. The maximum absolute atomic E-state index is 13.0. The van der Waals surface area contributed by atoms with Crippen LogP contribution in [0.4, 0.5) is 32.6 Å². The molecule has 0 radical (unpaired) electrons. The minimum absolute atomic E-state index is 0.189. The number of imidazole rings is 2. The number of hydrogen-bond donors (Lipinski definition) is 6. The Morgan fingerprint density at radius 3 is 1.51 bits per heavy atom. The molecule has 2 fully saturated rings. The molecule has 6 N–H and O–H groups in total. The number of hydrogen-bond acceptors (Lipinski definition) is 24. The number of aliphatic hydroxyl groups is 4. The summed E-state index contributed by atoms with van der Waals surface area (Å²) >= 11 is 0. The number of anilines is 2. The van der Waals surface area contributed by atoms with E-state index in [9.17, 15) is 59.8 Å². The number of amides is 2. The highest BCUT2D eigenvalue weighted by atomic mass is 16.7. The fraction of sp³-hybridized carbons (Fsp3) is 0.419. The number of aromatic nitrogens is 6. The van der Waals surface area contributed by atoms with Gasteiger partial charge in [-0.05, 0) is 53.6 Å². The standard InChI is InChI=1S/C34H39N5O10.C28H31N5O10/c1-7-26-19(4)30(46-20(5)40)31(47-21(6)41)33(48-26)49-27-13-12-22(14-25(27)39(43)44)16-45-34(42)37-32-28-29(38(17-35-28)15-18(2)3)23-10-8-9-11-24(23)36-32;1-14(2)10-32-13-29-21-22(32)16-5-3-4-6-17(16)30-26(21)31-28(38)41-12-15-7-8-19(18(9-15)33(39)40)42-27-25(37)24(36)23(35)20(11-34)43-27/h8-14,17-19,26,30-31,33H,7,15-16H2,1-6H3,(H,36,37,42);3-9,13-14,20,23-25,27,34-37H,10-12H2,1-2H3,(H,30,31,38)/t19-,26-,30+,31+,33-;20-,23-,24+,25+,27+/m11/s1. The van der Waals surface area contributed by atoms with Crippen molar-refractivity contribution >= 4 is 91.0 Å². The van der Waals surface area contributed by atoms with Gasteiger partial charge in [0.15, 0.2) is 23.1 Å². The van der Waals surface area contributed by atoms with Crippen molar-refractivity contribution in [3.8, 4) is 11.5 Å². The van der Waals surface area contributed by atoms with E-state index < -0.39 is 107 Å². The summed E-state index contributed by atoms with van der Waals surface area (Å²) in [6.07, 6.45) is -9.63. The maximum Gasteiger partial charge on any atom is 0.413 e. The van der Waals surface area contributed by atoms with E-state index in [1.807, 2.05) is 64.6 Å². The van der Waals surface area contributed by atoms with Gasteiger partial charge in [-0.3, -0.25) is 40.5 Å². The van der Waals surface area contributed by atoms with Crippen molar-refractivity contribution < 1.29 is 87.3 Å². The van der Waals surface area contributed by atoms with E-state index in [4.69, 9.17) is 37.9 Å². The highest BCUT2D eigenvalue weighted by Gasteiger charge is 2.49. The van der Waals surface area contributed by atoms with E-state index in [-0.39, 0.29) is 47.8 Å². The summed E-state index contributed by atoms with van der Waals surface area (Å²) in [5, 5.41) is 70.4. The number of nitrogens with zero attached hydrogens (tertiary/aromatic N) is 8. The number of nitro groups is 2. The summed E-state index contributed by atoms with van der Waals surface area (Å²) in [5.74, 6) is -1.01. The average molecular weight is 1280 g/mol. The van der Waals surface area contributed by atoms with Crippen molar-refractivity contribution in [2.75, 3.05) is 17.2 Å². The number of nitro benzene ring substituents is 2. The van der Waals surface area contributed by atoms with E-state index in [0.717, 1.165) is 34.4 Å². The van der Waals surface area contributed by atoms with Crippen LogP contribution in [0.5, 0.6) is 11.5 Å². The molecule has 2 saturated heterocycles. The number of pyridine rings is 2. The van der Waals surface area contributed by atoms with Gasteiger partial charge in [0.1, 0.15) is 54.8 Å². The van der Waals surface area contributed by atoms with Crippen LogP contribution in [0.3, 0.4) is 0 Å². The highest BCUT2D eigenvalue weighted by molar-refractivity contribution is 6.10. The van der Waals surface area contributed by atoms with Crippen LogP contribution in [0.15, 0.2) is 97.6 Å². The Labute approximate surface area is 524 Å². The third kappa shape index (κ3) is 15.2. The summed E-state index contributed by atoms with van der Waals surface area (Å²) in [7, 11) is 0. The van der Waals surface area contributed by atoms with Crippen LogP contribution in [0.2, 0.25) is 0 Å². The molecule has 0 spiro atoms. The van der Waals surface area contributed by atoms with Gasteiger partial charge in [0.05, 0.1) is 57.3 Å². The normalized spacial score (nSPS) is 21.3. The first-order chi connectivity index (χ1) is 43.9. The Bertz CT molecular complexity index is 4030. The molecular formula is C62H70N10O20. The van der Waals surface area contributed by atoms with Gasteiger partial charge in [0.25, 0.3) is 0 Å². The molecule has 8 aromatic rings. The third-order valence-electron chi connectivity index (χ3n) is 15.0. The topological polar surface area (TPSA) is 395 Å². The van der Waals surface area contributed by atoms with Crippen LogP contribution in [0.1, 0.15) is 72.9 Å². The Hall–Kier alpha value is -9.72. The number of carbonyl (C=O) groups is 4. The Morgan fingerprint density at radius 2 is 1.08 bits per heavy atom. The van der Waals surface area contributed by atoms with Gasteiger partial charge in [-0.25, -0.2) is 29.5 Å². The van der Waals surface area contributed by atoms with Gasteiger partial charge in [0, 0.05) is 55.8 Å². The largest absolute Gasteiger partial charge is 0.458 e. The highest BCUT2D eigenvalue weighted by Crippen LogP contribution is 2.38. The predicted octanol–water partition coefficient (Wildman–Crippen LogP) is 7.99. The van der Waals surface area contributed by atoms with Crippen molar-refractivity contribution in [2.24, 2.45) is 17.8 Å². The summed E-state index contributed by atoms with van der Waals surface area (Å²) in [4.78, 5) is 90.3. The zero-order valence-corrected chi connectivity index (χ0v) is 51.3. The van der Waals surface area contributed by atoms with Crippen molar-refractivity contribution in [3.63, 3.8) is 0 Å². The molecule has 4 aromatic heterocycles. The molecule has 92 heavy (non-hydrogen) atoms. The first-order valence-electron chi connectivity index (χ1n) is 29.5. The Morgan fingerprint density at radius 1 is 0.630 bits per heavy atom. The lowest BCUT2D eigenvalue weighted by Gasteiger charge is -2.43. The number of benzene rings is 4. The predicted molar refractivity (Wildman–Crippen MR) is 328 cm³/mol. The minimum Gasteiger partial charge on any atom is -0.458 e. The first kappa shape index (κ1) is 66.7. The molecule has 2 amide bonds. The monoisotopic (exact) mass is 1270 g/mol. The Kier molecular flexibility index (Phi) is 21.1. The number of rotatable bonds is 20. The fourth-order valence-electron chi connectivity index (χ4n) is 10.9. The molecule has 30 heteroatoms. The van der Waals surface area contributed by atoms with Crippen LogP contribution < -0.4 is 20.1 Å². The van der Waals surface area contributed by atoms with Gasteiger partial charge in [-0.15, -0.1) is 0 Å². The minimum atomic E-state index is -1.75. The zero-order valence-electron chi connectivity index (χ0n) is 51.3. The molecule has 0 bridgehead atoms. The van der Waals surface area contributed by atoms with Gasteiger partial charge < -0.3 is 67.5 Å². The molecule has 0 saturated carbocycles. The van der Waals surface area contributed by atoms with Gasteiger partial charge in [-0.1, -0.05) is 90.1 Å². The van der Waals surface area contributed by atoms with Gasteiger partial charge >= 0.3 is 35.5 Å². The number of nitrogens with one attached hydrogen (secondary N) is 2. The molecule has 2 aliphatic rings. The summed E-state index contributed by atoms with van der Waals surface area (Å²) in [5.41, 5.74) is 3.52. The second-order valence-corrected chi connectivity index (χ2v) is 22.8. The van der Waals surface area contributed by atoms with Crippen molar-refractivity contribution in [2.45, 2.75) is 143 Å². The van der Waals surface area contributed by atoms with Crippen molar-refractivity contribution in [3.05, 3.63) is 129 Å². The van der Waals surface area contributed by atoms with Crippen molar-refractivity contribution in [1.82, 2.24) is 29.1 Å². The molecule has 6 heterocycles. The number of ether oxygens (including phenoxy) is 8. The smallest absolute Gasteiger partial charge is 0.413 e. The number of esters is 2. The van der Waals surface area contributed by atoms with E-state index in [1.165, 1.54) is 44.2 Å². The molecule has 10 rings (SSSR count). The first-order valence-corrected chi connectivity index (χ1v) is 29.5. The lowest BCUT2D eigenvalue weighted by molar-refractivity contribution is -0.387. The second-order valence-electron chi connectivity index (χ2n) is 22.8. The lowest BCUT2D eigenvalue weighted by Crippen LogP contribution is -2.60. The third-order valence-corrected chi connectivity index (χ3v) is 15.0. The van der Waals surface area contributed by atoms with Gasteiger partial charge in [0.2, 0.25) is 18.7 Å². The van der Waals surface area contributed by atoms with E-state index in [1.54, 1.807) is 19.6 Å². The molecule has 488 valence electrons. The number of carbonyl (C=O) groups excluding carboxylic acids is 4. The number of fused-ring (bicyclic) bond motifs is 6. The van der Waals surface area contributed by atoms with Gasteiger partial charge in [-0.2, -0.15) is 0 Å². The quantitative estimate of drug-likeness (QED) is 0.0182. The molecule has 0 aliphatic carbocycles. The summed E-state index contributed by atoms with van der Waals surface area (Å²) < 4.78 is 48.4. The van der Waals surface area contributed by atoms with E-state index in [2.05, 4.69) is 58.3 Å². The zero-order chi connectivity index (χ0) is 66.2. The summed E-state index contributed by atoms with van der Waals surface area (Å²) in [6.45, 7) is 14.5. The van der Waals surface area contributed by atoms with Crippen LogP contribution >= 0.6 is 0 Å². The molecule has 4 aromatic carbocycles. The maximum atomic E-state index is 13.0. The average Bonchev–Trinajstić information content (AvgIpc) is 1.55. The van der Waals surface area contributed by atoms with Crippen LogP contribution in [0.25, 0.3) is 43.9 Å². The van der Waals surface area contributed by atoms with Crippen LogP contribution in [-0.4, -0.2) is 145 Å². The molecule has 0 unspecified atom stereocenters. The molecule has 30 nitrogen and oxygen atoms in total. The van der Waals surface area contributed by atoms with Crippen molar-refractivity contribution in [1.29, 1.82) is 0 Å². The molecule has 2 aliphatic heterocycles. The number of para-hydroxylation sites is 2.